The summed E-state index contributed by atoms with van der Waals surface area (Å²) in [7, 11) is -1.23. The Balaban J connectivity index is 1.68. The Hall–Kier alpha value is -1.93. The third kappa shape index (κ3) is 5.07. The van der Waals surface area contributed by atoms with Crippen LogP contribution >= 0.6 is 7.82 Å². The molecule has 1 aromatic carbocycles. The third-order valence-corrected chi connectivity index (χ3v) is 5.29. The van der Waals surface area contributed by atoms with Crippen LogP contribution in [-0.2, 0) is 9.09 Å². The van der Waals surface area contributed by atoms with Crippen LogP contribution in [-0.4, -0.2) is 46.6 Å². The van der Waals surface area contributed by atoms with Gasteiger partial charge >= 0.3 is 7.82 Å². The van der Waals surface area contributed by atoms with E-state index in [-0.39, 0.29) is 18.6 Å². The number of hydrogen-bond acceptors (Lipinski definition) is 7. The molecule has 1 aliphatic carbocycles. The summed E-state index contributed by atoms with van der Waals surface area (Å²) >= 11 is 0. The van der Waals surface area contributed by atoms with E-state index < -0.39 is 7.82 Å². The summed E-state index contributed by atoms with van der Waals surface area (Å²) in [6.07, 6.45) is 4.91. The molecule has 3 rings (SSSR count). The fourth-order valence-electron chi connectivity index (χ4n) is 3.37. The fraction of sp³-hybridized carbons (Fsp3) is 0.529. The molecule has 1 aliphatic rings. The van der Waals surface area contributed by atoms with Gasteiger partial charge in [0.15, 0.2) is 11.5 Å². The molecule has 1 fully saturated rings. The second-order valence-corrected chi connectivity index (χ2v) is 7.83. The summed E-state index contributed by atoms with van der Waals surface area (Å²) in [6, 6.07) is 3.90. The predicted molar refractivity (Wildman–Crippen MR) is 100 cm³/mol. The van der Waals surface area contributed by atoms with Gasteiger partial charge in [0.1, 0.15) is 12.1 Å². The van der Waals surface area contributed by atoms with E-state index in [4.69, 9.17) is 19.3 Å². The van der Waals surface area contributed by atoms with E-state index in [9.17, 15) is 4.57 Å². The molecule has 0 saturated heterocycles. The first kappa shape index (κ1) is 19.8. The van der Waals surface area contributed by atoms with E-state index in [0.717, 1.165) is 42.4 Å². The number of rotatable bonds is 7. The molecule has 9 nitrogen and oxygen atoms in total. The molecule has 2 aromatic rings. The number of hydrogen-bond donors (Lipinski definition) is 3. The molecule has 10 heteroatoms. The van der Waals surface area contributed by atoms with Crippen LogP contribution in [0.15, 0.2) is 18.5 Å². The molecule has 1 heterocycles. The van der Waals surface area contributed by atoms with E-state index in [1.807, 2.05) is 12.1 Å². The average Bonchev–Trinajstić information content (AvgIpc) is 2.66. The number of ether oxygens (including phenoxy) is 2. The summed E-state index contributed by atoms with van der Waals surface area (Å²) in [4.78, 5) is 26.3. The summed E-state index contributed by atoms with van der Waals surface area (Å²) in [5.74, 6) is 2.11. The topological polar surface area (TPSA) is 123 Å². The number of benzene rings is 1. The summed E-state index contributed by atoms with van der Waals surface area (Å²) in [6.45, 7) is 0.0877. The van der Waals surface area contributed by atoms with Crippen molar-refractivity contribution in [3.05, 3.63) is 18.5 Å². The van der Waals surface area contributed by atoms with Gasteiger partial charge in [-0.15, -0.1) is 0 Å². The molecule has 0 radical (unpaired) electrons. The van der Waals surface area contributed by atoms with Crippen molar-refractivity contribution in [2.24, 2.45) is 5.92 Å². The summed E-state index contributed by atoms with van der Waals surface area (Å²) in [5, 5.41) is 4.31. The Morgan fingerprint density at radius 2 is 1.78 bits per heavy atom. The Morgan fingerprint density at radius 3 is 2.41 bits per heavy atom. The van der Waals surface area contributed by atoms with E-state index in [1.165, 1.54) is 6.33 Å². The molecule has 0 spiro atoms. The van der Waals surface area contributed by atoms with Gasteiger partial charge in [0.2, 0.25) is 0 Å². The second-order valence-electron chi connectivity index (χ2n) is 6.59. The lowest BCUT2D eigenvalue weighted by atomic mass is 9.86. The highest BCUT2D eigenvalue weighted by atomic mass is 31.2. The smallest absolute Gasteiger partial charge is 0.469 e. The number of phosphoric acid groups is 1. The number of fused-ring (bicyclic) bond motifs is 1. The minimum atomic E-state index is -4.40. The van der Waals surface area contributed by atoms with Crippen molar-refractivity contribution in [1.29, 1.82) is 0 Å². The molecule has 148 valence electrons. The van der Waals surface area contributed by atoms with Crippen molar-refractivity contribution in [2.75, 3.05) is 26.1 Å². The molecular weight excluding hydrogens is 373 g/mol. The summed E-state index contributed by atoms with van der Waals surface area (Å²) < 4.78 is 26.1. The quantitative estimate of drug-likeness (QED) is 0.605. The van der Waals surface area contributed by atoms with Crippen LogP contribution in [0, 0.1) is 5.92 Å². The third-order valence-electron chi connectivity index (χ3n) is 4.81. The van der Waals surface area contributed by atoms with Crippen molar-refractivity contribution in [3.63, 3.8) is 0 Å². The van der Waals surface area contributed by atoms with Crippen molar-refractivity contribution < 1.29 is 28.3 Å². The zero-order valence-corrected chi connectivity index (χ0v) is 16.2. The van der Waals surface area contributed by atoms with Gasteiger partial charge in [-0.05, 0) is 37.7 Å². The van der Waals surface area contributed by atoms with Crippen LogP contribution in [0.1, 0.15) is 25.7 Å². The van der Waals surface area contributed by atoms with E-state index >= 15 is 0 Å². The van der Waals surface area contributed by atoms with Crippen LogP contribution in [0.4, 0.5) is 5.82 Å². The molecule has 3 N–H and O–H groups in total. The predicted octanol–water partition coefficient (Wildman–Crippen LogP) is 2.73. The van der Waals surface area contributed by atoms with E-state index in [2.05, 4.69) is 19.8 Å². The number of nitrogens with zero attached hydrogens (tertiary/aromatic N) is 2. The van der Waals surface area contributed by atoms with Gasteiger partial charge in [-0.2, -0.15) is 0 Å². The minimum absolute atomic E-state index is 0.0877. The first-order valence-corrected chi connectivity index (χ1v) is 10.3. The molecule has 0 amide bonds. The van der Waals surface area contributed by atoms with Crippen molar-refractivity contribution in [2.45, 2.75) is 31.7 Å². The fourth-order valence-corrected chi connectivity index (χ4v) is 3.77. The van der Waals surface area contributed by atoms with Crippen molar-refractivity contribution in [3.8, 4) is 11.5 Å². The maximum absolute atomic E-state index is 10.8. The Labute approximate surface area is 157 Å². The Kier molecular flexibility index (Phi) is 6.16. The standard InChI is InChI=1S/C17H24N3O6P/c1-24-15-7-13-14(8-16(15)25-2)18-10-19-17(13)20-12-5-3-11(4-6-12)9-26-27(21,22)23/h7-8,10-12H,3-6,9H2,1-2H3,(H,18,19,20)(H2,21,22,23). The summed E-state index contributed by atoms with van der Waals surface area (Å²) in [5.41, 5.74) is 0.758. The number of nitrogens with one attached hydrogen (secondary N) is 1. The van der Waals surface area contributed by atoms with Crippen LogP contribution in [0.25, 0.3) is 10.9 Å². The lowest BCUT2D eigenvalue weighted by Crippen LogP contribution is -2.28. The molecule has 0 bridgehead atoms. The Morgan fingerprint density at radius 1 is 1.11 bits per heavy atom. The number of aromatic nitrogens is 2. The average molecular weight is 397 g/mol. The highest BCUT2D eigenvalue weighted by Crippen LogP contribution is 2.39. The highest BCUT2D eigenvalue weighted by molar-refractivity contribution is 7.46. The van der Waals surface area contributed by atoms with Crippen LogP contribution in [0.5, 0.6) is 11.5 Å². The van der Waals surface area contributed by atoms with Gasteiger partial charge in [0, 0.05) is 17.5 Å². The second kappa shape index (κ2) is 8.39. The van der Waals surface area contributed by atoms with Crippen molar-refractivity contribution >= 4 is 24.5 Å². The largest absolute Gasteiger partial charge is 0.493 e. The van der Waals surface area contributed by atoms with Gasteiger partial charge < -0.3 is 24.6 Å². The lowest BCUT2D eigenvalue weighted by molar-refractivity contribution is 0.148. The van der Waals surface area contributed by atoms with E-state index in [0.29, 0.717) is 11.5 Å². The highest BCUT2D eigenvalue weighted by Gasteiger charge is 2.25. The van der Waals surface area contributed by atoms with Crippen LogP contribution in [0.3, 0.4) is 0 Å². The van der Waals surface area contributed by atoms with E-state index in [1.54, 1.807) is 14.2 Å². The molecule has 27 heavy (non-hydrogen) atoms. The Bertz CT molecular complexity index is 835. The molecule has 1 saturated carbocycles. The molecular formula is C17H24N3O6P. The van der Waals surface area contributed by atoms with Gasteiger partial charge in [-0.3, -0.25) is 4.52 Å². The SMILES string of the molecule is COc1cc2ncnc(NC3CCC(COP(=O)(O)O)CC3)c2cc1OC. The van der Waals surface area contributed by atoms with Gasteiger partial charge in [0.25, 0.3) is 0 Å². The van der Waals surface area contributed by atoms with Gasteiger partial charge in [-0.25, -0.2) is 14.5 Å². The first-order chi connectivity index (χ1) is 12.9. The minimum Gasteiger partial charge on any atom is -0.493 e. The zero-order valence-electron chi connectivity index (χ0n) is 15.3. The maximum atomic E-state index is 10.8. The lowest BCUT2D eigenvalue weighted by Gasteiger charge is -2.29. The molecule has 0 atom stereocenters. The normalized spacial score (nSPS) is 20.4. The number of anilines is 1. The van der Waals surface area contributed by atoms with Crippen molar-refractivity contribution in [1.82, 2.24) is 9.97 Å². The molecule has 0 unspecified atom stereocenters. The van der Waals surface area contributed by atoms with Crippen LogP contribution < -0.4 is 14.8 Å². The molecule has 0 aliphatic heterocycles. The van der Waals surface area contributed by atoms with Crippen LogP contribution in [0.2, 0.25) is 0 Å². The monoisotopic (exact) mass is 397 g/mol. The number of methoxy groups -OCH3 is 2. The zero-order chi connectivity index (χ0) is 19.4. The maximum Gasteiger partial charge on any atom is 0.469 e. The number of phosphoric ester groups is 1. The molecule has 1 aromatic heterocycles. The first-order valence-electron chi connectivity index (χ1n) is 8.73. The van der Waals surface area contributed by atoms with Gasteiger partial charge in [0.05, 0.1) is 26.3 Å². The van der Waals surface area contributed by atoms with Gasteiger partial charge in [-0.1, -0.05) is 0 Å².